The molecule has 0 aliphatic carbocycles. The van der Waals surface area contributed by atoms with Crippen molar-refractivity contribution in [3.63, 3.8) is 0 Å². The largest absolute Gasteiger partial charge is 0.493 e. The van der Waals surface area contributed by atoms with Gasteiger partial charge in [0.1, 0.15) is 31.6 Å². The number of benzene rings is 2. The minimum absolute atomic E-state index is 0.0107. The van der Waals surface area contributed by atoms with E-state index in [0.717, 1.165) is 6.42 Å². The van der Waals surface area contributed by atoms with Gasteiger partial charge in [-0.1, -0.05) is 37.4 Å². The van der Waals surface area contributed by atoms with Crippen LogP contribution in [0.2, 0.25) is 0 Å². The van der Waals surface area contributed by atoms with Gasteiger partial charge in [-0.3, -0.25) is 14.9 Å². The average Bonchev–Trinajstić information content (AvgIpc) is 3.59. The van der Waals surface area contributed by atoms with Crippen molar-refractivity contribution in [1.82, 2.24) is 10.2 Å². The molecule has 0 saturated carbocycles. The number of rotatable bonds is 17. The molecular formula is C34H41N3O12. The Balaban J connectivity index is 1.60. The molecule has 0 bridgehead atoms. The van der Waals surface area contributed by atoms with E-state index in [4.69, 9.17) is 28.4 Å². The quantitative estimate of drug-likeness (QED) is 0.125. The number of carbonyl (C=O) groups excluding carboxylic acids is 5. The SMILES string of the molecule is C=CCOC(=O)CC[C@H](NC(=O)Oc1ccc(COC(=O)Nc2cc(OC)c(OC)cc2C(=O)N2CCC[C@H]2CO)cc1)C(=O)OCC=C. The van der Waals surface area contributed by atoms with Crippen molar-refractivity contribution in [3.8, 4) is 17.2 Å². The number of amides is 3. The fraction of sp³-hybridized carbons (Fsp3) is 0.382. The summed E-state index contributed by atoms with van der Waals surface area (Å²) in [5, 5.41) is 14.7. The number of aliphatic hydroxyl groups excluding tert-OH is 1. The van der Waals surface area contributed by atoms with Gasteiger partial charge in [-0.2, -0.15) is 0 Å². The molecule has 264 valence electrons. The predicted octanol–water partition coefficient (Wildman–Crippen LogP) is 3.75. The van der Waals surface area contributed by atoms with E-state index in [1.165, 1.54) is 50.6 Å². The van der Waals surface area contributed by atoms with Gasteiger partial charge in [0.2, 0.25) is 0 Å². The lowest BCUT2D eigenvalue weighted by Gasteiger charge is -2.25. The first kappa shape index (κ1) is 37.9. The van der Waals surface area contributed by atoms with Crippen LogP contribution in [0.5, 0.6) is 17.2 Å². The molecular weight excluding hydrogens is 642 g/mol. The van der Waals surface area contributed by atoms with Crippen LogP contribution in [0.1, 0.15) is 41.6 Å². The van der Waals surface area contributed by atoms with Crippen LogP contribution >= 0.6 is 0 Å². The third kappa shape index (κ3) is 11.3. The Morgan fingerprint density at radius 1 is 0.959 bits per heavy atom. The number of esters is 2. The van der Waals surface area contributed by atoms with Gasteiger partial charge in [0.15, 0.2) is 11.5 Å². The van der Waals surface area contributed by atoms with Crippen LogP contribution in [0.4, 0.5) is 15.3 Å². The van der Waals surface area contributed by atoms with Crippen LogP contribution in [-0.2, 0) is 30.4 Å². The summed E-state index contributed by atoms with van der Waals surface area (Å²) < 4.78 is 31.2. The Hall–Kier alpha value is -5.57. The molecule has 1 heterocycles. The number of ether oxygens (including phenoxy) is 6. The Morgan fingerprint density at radius 2 is 1.63 bits per heavy atom. The summed E-state index contributed by atoms with van der Waals surface area (Å²) in [6.45, 7) is 6.95. The number of carbonyl (C=O) groups is 5. The molecule has 1 fully saturated rings. The molecule has 49 heavy (non-hydrogen) atoms. The van der Waals surface area contributed by atoms with Crippen LogP contribution in [0, 0.1) is 0 Å². The summed E-state index contributed by atoms with van der Waals surface area (Å²) >= 11 is 0. The maximum absolute atomic E-state index is 13.4. The van der Waals surface area contributed by atoms with Gasteiger partial charge >= 0.3 is 24.1 Å². The number of nitrogens with one attached hydrogen (secondary N) is 2. The van der Waals surface area contributed by atoms with E-state index < -0.39 is 36.1 Å². The molecule has 2 atom stereocenters. The predicted molar refractivity (Wildman–Crippen MR) is 175 cm³/mol. The highest BCUT2D eigenvalue weighted by Crippen LogP contribution is 2.35. The number of aliphatic hydroxyl groups is 1. The summed E-state index contributed by atoms with van der Waals surface area (Å²) in [5.74, 6) is -1.08. The zero-order valence-electron chi connectivity index (χ0n) is 27.4. The van der Waals surface area contributed by atoms with Gasteiger partial charge in [-0.25, -0.2) is 14.4 Å². The lowest BCUT2D eigenvalue weighted by atomic mass is 10.1. The first-order valence-corrected chi connectivity index (χ1v) is 15.4. The maximum atomic E-state index is 13.4. The number of nitrogens with zero attached hydrogens (tertiary/aromatic N) is 1. The van der Waals surface area contributed by atoms with Crippen molar-refractivity contribution < 1.29 is 57.5 Å². The standard InChI is InChI=1S/C34H41N3O12/c1-5-16-46-30(39)14-13-26(32(41)47-17-6-2)35-34(43)49-24-11-9-22(10-12-24)21-48-33(42)36-27-19-29(45-4)28(44-3)18-25(27)31(40)37-15-7-8-23(37)20-38/h5-6,9-12,18-19,23,26,38H,1-2,7-8,13-17,20-21H2,3-4H3,(H,35,43)(H,36,42)/t23-,26-/m0/s1. The normalized spacial score (nSPS) is 14.1. The minimum Gasteiger partial charge on any atom is -0.493 e. The van der Waals surface area contributed by atoms with Gasteiger partial charge in [-0.05, 0) is 43.0 Å². The molecule has 1 aliphatic heterocycles. The molecule has 0 radical (unpaired) electrons. The van der Waals surface area contributed by atoms with Gasteiger partial charge in [-0.15, -0.1) is 0 Å². The van der Waals surface area contributed by atoms with Crippen molar-refractivity contribution in [2.75, 3.05) is 45.9 Å². The maximum Gasteiger partial charge on any atom is 0.413 e. The number of hydrogen-bond donors (Lipinski definition) is 3. The van der Waals surface area contributed by atoms with Crippen molar-refractivity contribution >= 4 is 35.7 Å². The molecule has 1 saturated heterocycles. The summed E-state index contributed by atoms with van der Waals surface area (Å²) in [4.78, 5) is 64.6. The number of hydrogen-bond acceptors (Lipinski definition) is 12. The minimum atomic E-state index is -1.19. The smallest absolute Gasteiger partial charge is 0.413 e. The Morgan fingerprint density at radius 3 is 2.29 bits per heavy atom. The second kappa shape index (κ2) is 19.3. The second-order valence-corrected chi connectivity index (χ2v) is 10.6. The Labute approximate surface area is 283 Å². The van der Waals surface area contributed by atoms with E-state index in [1.807, 2.05) is 0 Å². The van der Waals surface area contributed by atoms with Gasteiger partial charge in [0.05, 0.1) is 38.1 Å². The number of anilines is 1. The lowest BCUT2D eigenvalue weighted by molar-refractivity contribution is -0.146. The van der Waals surface area contributed by atoms with Crippen LogP contribution in [0.3, 0.4) is 0 Å². The van der Waals surface area contributed by atoms with Crippen LogP contribution in [0.15, 0.2) is 61.7 Å². The number of methoxy groups -OCH3 is 2. The third-order valence-corrected chi connectivity index (χ3v) is 7.26. The van der Waals surface area contributed by atoms with Crippen LogP contribution < -0.4 is 24.8 Å². The molecule has 15 nitrogen and oxygen atoms in total. The van der Waals surface area contributed by atoms with E-state index >= 15 is 0 Å². The summed E-state index contributed by atoms with van der Waals surface area (Å²) in [5.41, 5.74) is 0.809. The molecule has 0 unspecified atom stereocenters. The molecule has 3 N–H and O–H groups in total. The van der Waals surface area contributed by atoms with Gasteiger partial charge in [0, 0.05) is 19.0 Å². The first-order chi connectivity index (χ1) is 23.6. The van der Waals surface area contributed by atoms with E-state index in [2.05, 4.69) is 23.8 Å². The highest BCUT2D eigenvalue weighted by molar-refractivity contribution is 6.04. The lowest BCUT2D eigenvalue weighted by Crippen LogP contribution is -2.43. The third-order valence-electron chi connectivity index (χ3n) is 7.26. The fourth-order valence-electron chi connectivity index (χ4n) is 4.81. The van der Waals surface area contributed by atoms with E-state index in [0.29, 0.717) is 18.5 Å². The van der Waals surface area contributed by atoms with E-state index in [9.17, 15) is 29.1 Å². The fourth-order valence-corrected chi connectivity index (χ4v) is 4.81. The Kier molecular flexibility index (Phi) is 14.9. The van der Waals surface area contributed by atoms with E-state index in [-0.39, 0.29) is 73.8 Å². The van der Waals surface area contributed by atoms with Gasteiger partial charge < -0.3 is 43.7 Å². The molecule has 1 aliphatic rings. The molecule has 0 aromatic heterocycles. The monoisotopic (exact) mass is 683 g/mol. The average molecular weight is 684 g/mol. The van der Waals surface area contributed by atoms with Gasteiger partial charge in [0.25, 0.3) is 5.91 Å². The Bertz CT molecular complexity index is 1490. The molecule has 3 amide bonds. The van der Waals surface area contributed by atoms with Crippen molar-refractivity contribution in [1.29, 1.82) is 0 Å². The summed E-state index contributed by atoms with van der Waals surface area (Å²) in [6, 6.07) is 7.39. The van der Waals surface area contributed by atoms with Crippen molar-refractivity contribution in [3.05, 3.63) is 72.8 Å². The van der Waals surface area contributed by atoms with Crippen LogP contribution in [0.25, 0.3) is 0 Å². The summed E-state index contributed by atoms with van der Waals surface area (Å²) in [7, 11) is 2.84. The summed E-state index contributed by atoms with van der Waals surface area (Å²) in [6.07, 6.45) is 2.07. The molecule has 15 heteroatoms. The molecule has 2 aromatic rings. The number of likely N-dealkylation sites (tertiary alicyclic amines) is 1. The van der Waals surface area contributed by atoms with Crippen molar-refractivity contribution in [2.45, 2.75) is 44.4 Å². The topological polar surface area (TPSA) is 188 Å². The molecule has 3 rings (SSSR count). The molecule has 0 spiro atoms. The van der Waals surface area contributed by atoms with Crippen molar-refractivity contribution in [2.24, 2.45) is 0 Å². The highest BCUT2D eigenvalue weighted by Gasteiger charge is 2.31. The first-order valence-electron chi connectivity index (χ1n) is 15.4. The van der Waals surface area contributed by atoms with E-state index in [1.54, 1.807) is 17.0 Å². The second-order valence-electron chi connectivity index (χ2n) is 10.6. The molecule has 2 aromatic carbocycles. The van der Waals surface area contributed by atoms with Crippen LogP contribution in [-0.4, -0.2) is 92.7 Å². The highest BCUT2D eigenvalue weighted by atomic mass is 16.6. The zero-order chi connectivity index (χ0) is 35.8. The zero-order valence-corrected chi connectivity index (χ0v) is 27.4.